The zero-order valence-corrected chi connectivity index (χ0v) is 14.5. The number of carbonyl (C=O) groups is 1. The number of nitrogens with one attached hydrogen (secondary N) is 1. The highest BCUT2D eigenvalue weighted by Crippen LogP contribution is 2.19. The molecule has 0 aromatic heterocycles. The summed E-state index contributed by atoms with van der Waals surface area (Å²) in [4.78, 5) is 12.2. The van der Waals surface area contributed by atoms with Crippen LogP contribution in [-0.4, -0.2) is 26.6 Å². The van der Waals surface area contributed by atoms with Crippen molar-refractivity contribution in [2.24, 2.45) is 0 Å². The molecule has 0 aliphatic heterocycles. The fraction of sp³-hybridized carbons (Fsp3) is 0.150. The van der Waals surface area contributed by atoms with Gasteiger partial charge in [0.15, 0.2) is 9.84 Å². The molecule has 0 spiro atoms. The molecule has 0 saturated heterocycles. The largest absolute Gasteiger partial charge is 0.355 e. The summed E-state index contributed by atoms with van der Waals surface area (Å²) in [6.45, 7) is 0.413. The van der Waals surface area contributed by atoms with Crippen molar-refractivity contribution in [1.29, 1.82) is 0 Å². The fourth-order valence-corrected chi connectivity index (χ4v) is 3.85. The first-order valence-corrected chi connectivity index (χ1v) is 9.72. The number of rotatable bonds is 6. The molecule has 0 heterocycles. The highest BCUT2D eigenvalue weighted by atomic mass is 32.2. The van der Waals surface area contributed by atoms with Gasteiger partial charge in [-0.15, -0.1) is 0 Å². The lowest BCUT2D eigenvalue weighted by Crippen LogP contribution is -2.31. The van der Waals surface area contributed by atoms with Crippen LogP contribution >= 0.6 is 0 Å². The maximum atomic E-state index is 12.5. The normalized spacial score (nSPS) is 11.4. The fourth-order valence-electron chi connectivity index (χ4n) is 2.66. The average Bonchev–Trinajstić information content (AvgIpc) is 2.62. The molecule has 3 aromatic carbocycles. The highest BCUT2D eigenvalue weighted by molar-refractivity contribution is 7.92. The molecule has 0 bridgehead atoms. The smallest absolute Gasteiger partial charge is 0.235 e. The quantitative estimate of drug-likeness (QED) is 0.741. The van der Waals surface area contributed by atoms with Crippen molar-refractivity contribution < 1.29 is 13.2 Å². The molecule has 3 aromatic rings. The van der Waals surface area contributed by atoms with Crippen LogP contribution in [0.4, 0.5) is 0 Å². The molecule has 128 valence electrons. The van der Waals surface area contributed by atoms with E-state index in [1.165, 1.54) is 0 Å². The van der Waals surface area contributed by atoms with Crippen molar-refractivity contribution in [2.45, 2.75) is 11.3 Å². The third kappa shape index (κ3) is 4.45. The first-order chi connectivity index (χ1) is 12.0. The minimum atomic E-state index is -3.66. The van der Waals surface area contributed by atoms with Gasteiger partial charge in [-0.05, 0) is 34.9 Å². The Hall–Kier alpha value is -2.66. The maximum Gasteiger partial charge on any atom is 0.235 e. The van der Waals surface area contributed by atoms with Gasteiger partial charge in [-0.1, -0.05) is 60.7 Å². The molecule has 1 amide bonds. The molecule has 0 radical (unpaired) electrons. The van der Waals surface area contributed by atoms with E-state index in [-0.39, 0.29) is 4.90 Å². The van der Waals surface area contributed by atoms with Gasteiger partial charge in [0, 0.05) is 6.54 Å². The highest BCUT2D eigenvalue weighted by Gasteiger charge is 2.19. The number of carbonyl (C=O) groups excluding carboxylic acids is 1. The van der Waals surface area contributed by atoms with Crippen LogP contribution in [0.3, 0.4) is 0 Å². The second kappa shape index (κ2) is 7.49. The second-order valence-electron chi connectivity index (χ2n) is 5.85. The molecule has 25 heavy (non-hydrogen) atoms. The van der Waals surface area contributed by atoms with Gasteiger partial charge < -0.3 is 5.32 Å². The van der Waals surface area contributed by atoms with Crippen molar-refractivity contribution in [1.82, 2.24) is 5.32 Å². The van der Waals surface area contributed by atoms with Crippen LogP contribution in [-0.2, 0) is 21.1 Å². The molecule has 0 aliphatic carbocycles. The van der Waals surface area contributed by atoms with Gasteiger partial charge in [0.05, 0.1) is 4.90 Å². The van der Waals surface area contributed by atoms with Crippen molar-refractivity contribution >= 4 is 26.5 Å². The lowest BCUT2D eigenvalue weighted by atomic mass is 10.1. The van der Waals surface area contributed by atoms with Crippen molar-refractivity contribution in [3.8, 4) is 0 Å². The molecule has 0 atom stereocenters. The number of sulfone groups is 1. The van der Waals surface area contributed by atoms with Gasteiger partial charge in [0.25, 0.3) is 0 Å². The topological polar surface area (TPSA) is 63.2 Å². The Labute approximate surface area is 147 Å². The SMILES string of the molecule is O=C(CS(=O)(=O)c1ccc2ccccc2c1)NCCc1ccccc1. The molecular weight excluding hydrogens is 334 g/mol. The van der Waals surface area contributed by atoms with E-state index < -0.39 is 21.5 Å². The first-order valence-electron chi connectivity index (χ1n) is 8.07. The van der Waals surface area contributed by atoms with Gasteiger partial charge in [-0.25, -0.2) is 8.42 Å². The number of hydrogen-bond donors (Lipinski definition) is 1. The molecule has 0 saturated carbocycles. The van der Waals surface area contributed by atoms with Crippen molar-refractivity contribution in [3.63, 3.8) is 0 Å². The summed E-state index contributed by atoms with van der Waals surface area (Å²) in [5.41, 5.74) is 1.10. The summed E-state index contributed by atoms with van der Waals surface area (Å²) in [6.07, 6.45) is 0.669. The van der Waals surface area contributed by atoms with Crippen LogP contribution in [0.5, 0.6) is 0 Å². The van der Waals surface area contributed by atoms with E-state index in [9.17, 15) is 13.2 Å². The lowest BCUT2D eigenvalue weighted by Gasteiger charge is -2.08. The Morgan fingerprint density at radius 1 is 0.840 bits per heavy atom. The Balaban J connectivity index is 1.62. The van der Waals surface area contributed by atoms with E-state index in [1.807, 2.05) is 54.6 Å². The minimum Gasteiger partial charge on any atom is -0.355 e. The Morgan fingerprint density at radius 2 is 1.52 bits per heavy atom. The lowest BCUT2D eigenvalue weighted by molar-refractivity contribution is -0.118. The van der Waals surface area contributed by atoms with E-state index in [0.29, 0.717) is 13.0 Å². The summed E-state index contributed by atoms with van der Waals surface area (Å²) < 4.78 is 24.9. The summed E-state index contributed by atoms with van der Waals surface area (Å²) in [6, 6.07) is 22.2. The third-order valence-electron chi connectivity index (χ3n) is 3.98. The van der Waals surface area contributed by atoms with Gasteiger partial charge in [-0.3, -0.25) is 4.79 Å². The predicted molar refractivity (Wildman–Crippen MR) is 99.2 cm³/mol. The number of hydrogen-bond acceptors (Lipinski definition) is 3. The average molecular weight is 353 g/mol. The molecule has 5 heteroatoms. The van der Waals surface area contributed by atoms with Crippen LogP contribution in [0.1, 0.15) is 5.56 Å². The van der Waals surface area contributed by atoms with Gasteiger partial charge in [0.1, 0.15) is 5.75 Å². The van der Waals surface area contributed by atoms with Crippen LogP contribution in [0.25, 0.3) is 10.8 Å². The maximum absolute atomic E-state index is 12.5. The molecule has 0 aliphatic rings. The summed E-state index contributed by atoms with van der Waals surface area (Å²) in [7, 11) is -3.66. The molecule has 3 rings (SSSR count). The predicted octanol–water partition coefficient (Wildman–Crippen LogP) is 2.97. The van der Waals surface area contributed by atoms with Crippen LogP contribution in [0.15, 0.2) is 77.7 Å². The standard InChI is InChI=1S/C20H19NO3S/c22-20(21-13-12-16-6-2-1-3-7-16)15-25(23,24)19-11-10-17-8-4-5-9-18(17)14-19/h1-11,14H,12-13,15H2,(H,21,22). The van der Waals surface area contributed by atoms with Crippen LogP contribution in [0.2, 0.25) is 0 Å². The molecule has 0 fully saturated rings. The van der Waals surface area contributed by atoms with E-state index >= 15 is 0 Å². The molecule has 4 nitrogen and oxygen atoms in total. The van der Waals surface area contributed by atoms with Crippen LogP contribution in [0, 0.1) is 0 Å². The summed E-state index contributed by atoms with van der Waals surface area (Å²) in [5.74, 6) is -1.02. The second-order valence-corrected chi connectivity index (χ2v) is 7.84. The van der Waals surface area contributed by atoms with Gasteiger partial charge in [0.2, 0.25) is 5.91 Å². The van der Waals surface area contributed by atoms with Gasteiger partial charge in [-0.2, -0.15) is 0 Å². The Kier molecular flexibility index (Phi) is 5.14. The Bertz CT molecular complexity index is 982. The number of amides is 1. The zero-order chi connectivity index (χ0) is 17.7. The monoisotopic (exact) mass is 353 g/mol. The van der Waals surface area contributed by atoms with E-state index in [1.54, 1.807) is 18.2 Å². The zero-order valence-electron chi connectivity index (χ0n) is 13.7. The molecule has 1 N–H and O–H groups in total. The van der Waals surface area contributed by atoms with E-state index in [2.05, 4.69) is 5.32 Å². The van der Waals surface area contributed by atoms with Crippen LogP contribution < -0.4 is 5.32 Å². The number of benzene rings is 3. The molecular formula is C20H19NO3S. The molecule has 0 unspecified atom stereocenters. The minimum absolute atomic E-state index is 0.171. The first kappa shape index (κ1) is 17.2. The van der Waals surface area contributed by atoms with E-state index in [4.69, 9.17) is 0 Å². The van der Waals surface area contributed by atoms with Crippen molar-refractivity contribution in [2.75, 3.05) is 12.3 Å². The number of fused-ring (bicyclic) bond motifs is 1. The third-order valence-corrected chi connectivity index (χ3v) is 5.59. The Morgan fingerprint density at radius 3 is 2.28 bits per heavy atom. The van der Waals surface area contributed by atoms with E-state index in [0.717, 1.165) is 16.3 Å². The van der Waals surface area contributed by atoms with Crippen molar-refractivity contribution in [3.05, 3.63) is 78.4 Å². The summed E-state index contributed by atoms with van der Waals surface area (Å²) in [5, 5.41) is 4.48. The summed E-state index contributed by atoms with van der Waals surface area (Å²) >= 11 is 0. The van der Waals surface area contributed by atoms with Gasteiger partial charge >= 0.3 is 0 Å².